The lowest BCUT2D eigenvalue weighted by molar-refractivity contribution is 0.475. The first kappa shape index (κ1) is 13.7. The fourth-order valence-corrected chi connectivity index (χ4v) is 2.12. The van der Waals surface area contributed by atoms with Crippen LogP contribution in [-0.2, 0) is 0 Å². The summed E-state index contributed by atoms with van der Waals surface area (Å²) in [4.78, 5) is 0. The van der Waals surface area contributed by atoms with Crippen molar-refractivity contribution in [1.29, 1.82) is 0 Å². The number of phenols is 1. The third-order valence-corrected chi connectivity index (χ3v) is 3.25. The fourth-order valence-electron chi connectivity index (χ4n) is 1.94. The van der Waals surface area contributed by atoms with Crippen LogP contribution >= 0.6 is 11.6 Å². The molecule has 2 N–H and O–H groups in total. The topological polar surface area (TPSA) is 32.3 Å². The predicted molar refractivity (Wildman–Crippen MR) is 76.2 cm³/mol. The Labute approximate surface area is 116 Å². The molecule has 0 saturated carbocycles. The van der Waals surface area contributed by atoms with Gasteiger partial charge in [0.25, 0.3) is 0 Å². The van der Waals surface area contributed by atoms with Crippen LogP contribution in [0.25, 0.3) is 0 Å². The molecule has 2 rings (SSSR count). The number of nitrogens with one attached hydrogen (secondary N) is 1. The maximum Gasteiger partial charge on any atom is 0.134 e. The summed E-state index contributed by atoms with van der Waals surface area (Å²) in [6.07, 6.45) is 0.807. The first-order chi connectivity index (χ1) is 9.10. The third-order valence-electron chi connectivity index (χ3n) is 2.95. The Hall–Kier alpha value is -1.74. The van der Waals surface area contributed by atoms with E-state index in [1.54, 1.807) is 18.2 Å². The molecule has 0 heterocycles. The fraction of sp³-hybridized carbons (Fsp3) is 0.200. The van der Waals surface area contributed by atoms with Crippen molar-refractivity contribution < 1.29 is 9.50 Å². The summed E-state index contributed by atoms with van der Waals surface area (Å²) in [5, 5.41) is 12.9. The molecule has 0 bridgehead atoms. The predicted octanol–water partition coefficient (Wildman–Crippen LogP) is 4.75. The highest BCUT2D eigenvalue weighted by Gasteiger charge is 2.10. The maximum absolute atomic E-state index is 13.2. The molecule has 0 radical (unpaired) electrons. The zero-order valence-corrected chi connectivity index (χ0v) is 11.3. The second-order valence-electron chi connectivity index (χ2n) is 4.33. The van der Waals surface area contributed by atoms with E-state index in [4.69, 9.17) is 11.6 Å². The number of aromatic hydroxyl groups is 1. The number of benzene rings is 2. The van der Waals surface area contributed by atoms with Crippen molar-refractivity contribution in [3.05, 3.63) is 58.9 Å². The summed E-state index contributed by atoms with van der Waals surface area (Å²) in [6.45, 7) is 2.02. The SMILES string of the molecule is CCC(Nc1ccc(O)c(Cl)c1)c1cccc(F)c1. The van der Waals surface area contributed by atoms with Gasteiger partial charge in [-0.15, -0.1) is 0 Å². The van der Waals surface area contributed by atoms with E-state index in [2.05, 4.69) is 5.32 Å². The van der Waals surface area contributed by atoms with Gasteiger partial charge >= 0.3 is 0 Å². The molecule has 0 fully saturated rings. The first-order valence-corrected chi connectivity index (χ1v) is 6.48. The highest BCUT2D eigenvalue weighted by molar-refractivity contribution is 6.32. The van der Waals surface area contributed by atoms with Gasteiger partial charge in [-0.05, 0) is 42.3 Å². The second-order valence-corrected chi connectivity index (χ2v) is 4.73. The van der Waals surface area contributed by atoms with Crippen LogP contribution in [0.3, 0.4) is 0 Å². The van der Waals surface area contributed by atoms with Crippen LogP contribution in [0.5, 0.6) is 5.75 Å². The van der Waals surface area contributed by atoms with Crippen molar-refractivity contribution in [3.8, 4) is 5.75 Å². The van der Waals surface area contributed by atoms with Crippen LogP contribution < -0.4 is 5.32 Å². The number of rotatable bonds is 4. The molecule has 2 aromatic rings. The van der Waals surface area contributed by atoms with Crippen LogP contribution in [0.15, 0.2) is 42.5 Å². The lowest BCUT2D eigenvalue weighted by Crippen LogP contribution is -2.09. The van der Waals surface area contributed by atoms with E-state index in [9.17, 15) is 9.50 Å². The van der Waals surface area contributed by atoms with Gasteiger partial charge in [-0.1, -0.05) is 30.7 Å². The van der Waals surface area contributed by atoms with Crippen LogP contribution in [0, 0.1) is 5.82 Å². The van der Waals surface area contributed by atoms with Crippen LogP contribution in [-0.4, -0.2) is 5.11 Å². The van der Waals surface area contributed by atoms with Gasteiger partial charge < -0.3 is 10.4 Å². The quantitative estimate of drug-likeness (QED) is 0.792. The molecule has 0 saturated heterocycles. The van der Waals surface area contributed by atoms with Crippen LogP contribution in [0.2, 0.25) is 5.02 Å². The summed E-state index contributed by atoms with van der Waals surface area (Å²) in [6, 6.07) is 11.4. The number of hydrogen-bond donors (Lipinski definition) is 2. The highest BCUT2D eigenvalue weighted by Crippen LogP contribution is 2.29. The average molecular weight is 280 g/mol. The zero-order valence-electron chi connectivity index (χ0n) is 10.5. The van der Waals surface area contributed by atoms with Gasteiger partial charge in [0.1, 0.15) is 11.6 Å². The largest absolute Gasteiger partial charge is 0.506 e. The molecular formula is C15H15ClFNO. The standard InChI is InChI=1S/C15H15ClFNO/c1-2-14(10-4-3-5-11(17)8-10)18-12-6-7-15(19)13(16)9-12/h3-9,14,18-19H,2H2,1H3. The van der Waals surface area contributed by atoms with Crippen molar-refractivity contribution in [2.45, 2.75) is 19.4 Å². The molecule has 0 aliphatic rings. The molecule has 2 nitrogen and oxygen atoms in total. The van der Waals surface area contributed by atoms with Crippen molar-refractivity contribution in [3.63, 3.8) is 0 Å². The van der Waals surface area contributed by atoms with Gasteiger partial charge in [-0.25, -0.2) is 4.39 Å². The van der Waals surface area contributed by atoms with E-state index in [1.165, 1.54) is 18.2 Å². The first-order valence-electron chi connectivity index (χ1n) is 6.10. The van der Waals surface area contributed by atoms with Crippen molar-refractivity contribution in [2.24, 2.45) is 0 Å². The molecule has 19 heavy (non-hydrogen) atoms. The number of anilines is 1. The van der Waals surface area contributed by atoms with Crippen LogP contribution in [0.1, 0.15) is 24.9 Å². The van der Waals surface area contributed by atoms with Crippen LogP contribution in [0.4, 0.5) is 10.1 Å². The minimum atomic E-state index is -0.249. The normalized spacial score (nSPS) is 12.2. The number of hydrogen-bond acceptors (Lipinski definition) is 2. The number of halogens is 2. The van der Waals surface area contributed by atoms with Gasteiger partial charge in [0.2, 0.25) is 0 Å². The molecule has 0 spiro atoms. The molecule has 1 atom stereocenters. The van der Waals surface area contributed by atoms with E-state index in [1.807, 2.05) is 13.0 Å². The minimum Gasteiger partial charge on any atom is -0.506 e. The Morgan fingerprint density at radius 3 is 2.68 bits per heavy atom. The zero-order chi connectivity index (χ0) is 13.8. The van der Waals surface area contributed by atoms with Crippen molar-refractivity contribution in [1.82, 2.24) is 0 Å². The third kappa shape index (κ3) is 3.38. The molecule has 4 heteroatoms. The van der Waals surface area contributed by atoms with Crippen molar-refractivity contribution in [2.75, 3.05) is 5.32 Å². The molecule has 0 aromatic heterocycles. The summed E-state index contributed by atoms with van der Waals surface area (Å²) in [5.41, 5.74) is 1.67. The maximum atomic E-state index is 13.2. The second kappa shape index (κ2) is 5.93. The highest BCUT2D eigenvalue weighted by atomic mass is 35.5. The lowest BCUT2D eigenvalue weighted by Gasteiger charge is -2.19. The van der Waals surface area contributed by atoms with Gasteiger partial charge in [-0.3, -0.25) is 0 Å². The molecule has 0 amide bonds. The average Bonchev–Trinajstić information content (AvgIpc) is 2.40. The van der Waals surface area contributed by atoms with E-state index >= 15 is 0 Å². The summed E-state index contributed by atoms with van der Waals surface area (Å²) >= 11 is 5.86. The molecule has 100 valence electrons. The Morgan fingerprint density at radius 2 is 2.05 bits per heavy atom. The Kier molecular flexibility index (Phi) is 4.27. The van der Waals surface area contributed by atoms with Gasteiger partial charge in [0.15, 0.2) is 0 Å². The molecular weight excluding hydrogens is 265 g/mol. The minimum absolute atomic E-state index is 0.00342. The Balaban J connectivity index is 2.21. The molecule has 2 aromatic carbocycles. The van der Waals surface area contributed by atoms with Gasteiger partial charge in [0, 0.05) is 5.69 Å². The van der Waals surface area contributed by atoms with Crippen molar-refractivity contribution >= 4 is 17.3 Å². The Morgan fingerprint density at radius 1 is 1.26 bits per heavy atom. The number of phenolic OH excluding ortho intramolecular Hbond substituents is 1. The van der Waals surface area contributed by atoms with Gasteiger partial charge in [-0.2, -0.15) is 0 Å². The van der Waals surface area contributed by atoms with E-state index < -0.39 is 0 Å². The summed E-state index contributed by atoms with van der Waals surface area (Å²) < 4.78 is 13.2. The lowest BCUT2D eigenvalue weighted by atomic mass is 10.0. The monoisotopic (exact) mass is 279 g/mol. The van der Waals surface area contributed by atoms with E-state index in [0.717, 1.165) is 17.7 Å². The molecule has 0 aliphatic heterocycles. The molecule has 1 unspecified atom stereocenters. The smallest absolute Gasteiger partial charge is 0.134 e. The van der Waals surface area contributed by atoms with Gasteiger partial charge in [0.05, 0.1) is 11.1 Å². The van der Waals surface area contributed by atoms with E-state index in [0.29, 0.717) is 5.02 Å². The summed E-state index contributed by atoms with van der Waals surface area (Å²) in [5.74, 6) is -0.201. The molecule has 0 aliphatic carbocycles. The Bertz CT molecular complexity index is 574. The summed E-state index contributed by atoms with van der Waals surface area (Å²) in [7, 11) is 0. The van der Waals surface area contributed by atoms with E-state index in [-0.39, 0.29) is 17.6 Å².